The molecule has 0 bridgehead atoms. The summed E-state index contributed by atoms with van der Waals surface area (Å²) in [6.45, 7) is 5.70. The highest BCUT2D eigenvalue weighted by Gasteiger charge is 2.28. The normalized spacial score (nSPS) is 20.3. The average molecular weight is 430 g/mol. The van der Waals surface area contributed by atoms with Gasteiger partial charge >= 0.3 is 0 Å². The van der Waals surface area contributed by atoms with Crippen LogP contribution >= 0.6 is 0 Å². The molecule has 1 aromatic heterocycles. The van der Waals surface area contributed by atoms with Gasteiger partial charge in [0.1, 0.15) is 10.7 Å². The molecule has 3 heterocycles. The second-order valence-corrected chi connectivity index (χ2v) is 10.1. The van der Waals surface area contributed by atoms with Gasteiger partial charge in [-0.1, -0.05) is 30.3 Å². The van der Waals surface area contributed by atoms with E-state index in [2.05, 4.69) is 32.2 Å². The summed E-state index contributed by atoms with van der Waals surface area (Å²) >= 11 is 0. The Morgan fingerprint density at radius 3 is 2.30 bits per heavy atom. The van der Waals surface area contributed by atoms with Crippen LogP contribution in [0.1, 0.15) is 24.4 Å². The number of likely N-dealkylation sites (tertiary alicyclic amines) is 1. The van der Waals surface area contributed by atoms with E-state index < -0.39 is 10.0 Å². The molecule has 0 aliphatic carbocycles. The van der Waals surface area contributed by atoms with Gasteiger partial charge in [-0.25, -0.2) is 13.4 Å². The lowest BCUT2D eigenvalue weighted by molar-refractivity contribution is 0.222. The number of aromatic nitrogens is 1. The maximum Gasteiger partial charge on any atom is 0.244 e. The Bertz CT molecular complexity index is 906. The summed E-state index contributed by atoms with van der Waals surface area (Å²) in [5.41, 5.74) is 1.21. The zero-order chi connectivity index (χ0) is 21.0. The van der Waals surface area contributed by atoms with Gasteiger partial charge in [0.05, 0.1) is 6.04 Å². The van der Waals surface area contributed by atoms with E-state index in [0.717, 1.165) is 32.7 Å². The fourth-order valence-corrected chi connectivity index (χ4v) is 5.49. The SMILES string of the molecule is CN1CCN(S(=O)(=O)c2ccc(NC(CN3CCCC3)c3ccccc3)nc2)CC1. The van der Waals surface area contributed by atoms with Crippen molar-refractivity contribution in [3.8, 4) is 0 Å². The zero-order valence-electron chi connectivity index (χ0n) is 17.6. The summed E-state index contributed by atoms with van der Waals surface area (Å²) in [7, 11) is -1.48. The summed E-state index contributed by atoms with van der Waals surface area (Å²) in [6.07, 6.45) is 3.98. The number of likely N-dealkylation sites (N-methyl/N-ethyl adjacent to an activating group) is 1. The fraction of sp³-hybridized carbons (Fsp3) is 0.500. The topological polar surface area (TPSA) is 68.8 Å². The van der Waals surface area contributed by atoms with Gasteiger partial charge in [0, 0.05) is 38.9 Å². The van der Waals surface area contributed by atoms with Crippen molar-refractivity contribution in [1.82, 2.24) is 19.1 Å². The molecule has 4 rings (SSSR count). The molecule has 2 aliphatic heterocycles. The number of piperazine rings is 1. The van der Waals surface area contributed by atoms with Crippen LogP contribution in [0.5, 0.6) is 0 Å². The molecule has 2 aliphatic rings. The Kier molecular flexibility index (Phi) is 6.67. The third kappa shape index (κ3) is 5.00. The maximum absolute atomic E-state index is 12.9. The molecule has 8 heteroatoms. The Morgan fingerprint density at radius 1 is 0.967 bits per heavy atom. The summed E-state index contributed by atoms with van der Waals surface area (Å²) in [4.78, 5) is 9.32. The van der Waals surface area contributed by atoms with Gasteiger partial charge in [-0.05, 0) is 50.7 Å². The molecule has 0 amide bonds. The Morgan fingerprint density at radius 2 is 1.67 bits per heavy atom. The Labute approximate surface area is 179 Å². The monoisotopic (exact) mass is 429 g/mol. The highest BCUT2D eigenvalue weighted by Crippen LogP contribution is 2.23. The van der Waals surface area contributed by atoms with Gasteiger partial charge in [-0.3, -0.25) is 0 Å². The molecule has 30 heavy (non-hydrogen) atoms. The minimum absolute atomic E-state index is 0.108. The van der Waals surface area contributed by atoms with Gasteiger partial charge in [0.15, 0.2) is 0 Å². The van der Waals surface area contributed by atoms with Gasteiger partial charge in [0.25, 0.3) is 0 Å². The molecular weight excluding hydrogens is 398 g/mol. The Hall–Kier alpha value is -2.00. The van der Waals surface area contributed by atoms with Crippen molar-refractivity contribution in [1.29, 1.82) is 0 Å². The average Bonchev–Trinajstić information content (AvgIpc) is 3.28. The van der Waals surface area contributed by atoms with Crippen LogP contribution in [0.3, 0.4) is 0 Å². The summed E-state index contributed by atoms with van der Waals surface area (Å²) < 4.78 is 27.4. The molecule has 2 aromatic rings. The van der Waals surface area contributed by atoms with Gasteiger partial charge in [0.2, 0.25) is 10.0 Å². The fourth-order valence-electron chi connectivity index (χ4n) is 4.12. The third-order valence-corrected chi connectivity index (χ3v) is 7.88. The lowest BCUT2D eigenvalue weighted by Crippen LogP contribution is -2.47. The van der Waals surface area contributed by atoms with Crippen molar-refractivity contribution >= 4 is 15.8 Å². The molecule has 1 N–H and O–H groups in total. The van der Waals surface area contributed by atoms with Crippen LogP contribution in [-0.4, -0.2) is 80.4 Å². The van der Waals surface area contributed by atoms with Crippen molar-refractivity contribution < 1.29 is 8.42 Å². The molecule has 7 nitrogen and oxygen atoms in total. The van der Waals surface area contributed by atoms with Crippen molar-refractivity contribution in [2.45, 2.75) is 23.8 Å². The second kappa shape index (κ2) is 9.43. The van der Waals surface area contributed by atoms with Crippen molar-refractivity contribution in [3.05, 3.63) is 54.2 Å². The number of rotatable bonds is 7. The van der Waals surface area contributed by atoms with Crippen LogP contribution in [0.25, 0.3) is 0 Å². The molecule has 1 aromatic carbocycles. The smallest absolute Gasteiger partial charge is 0.244 e. The van der Waals surface area contributed by atoms with E-state index in [1.165, 1.54) is 24.6 Å². The molecule has 0 spiro atoms. The first-order valence-electron chi connectivity index (χ1n) is 10.7. The number of hydrogen-bond donors (Lipinski definition) is 1. The quantitative estimate of drug-likeness (QED) is 0.728. The molecule has 0 radical (unpaired) electrons. The lowest BCUT2D eigenvalue weighted by Gasteiger charge is -2.31. The first-order chi connectivity index (χ1) is 14.5. The van der Waals surface area contributed by atoms with Crippen molar-refractivity contribution in [2.24, 2.45) is 0 Å². The maximum atomic E-state index is 12.9. The number of pyridine rings is 1. The van der Waals surface area contributed by atoms with Crippen LogP contribution in [-0.2, 0) is 10.0 Å². The Balaban J connectivity index is 1.47. The molecule has 1 atom stereocenters. The molecular formula is C22H31N5O2S. The molecule has 2 saturated heterocycles. The predicted octanol–water partition coefficient (Wildman–Crippen LogP) is 2.27. The second-order valence-electron chi connectivity index (χ2n) is 8.20. The van der Waals surface area contributed by atoms with Crippen LogP contribution in [0.2, 0.25) is 0 Å². The van der Waals surface area contributed by atoms with Crippen LogP contribution in [0.15, 0.2) is 53.6 Å². The predicted molar refractivity (Wildman–Crippen MR) is 119 cm³/mol. The largest absolute Gasteiger partial charge is 0.362 e. The van der Waals surface area contributed by atoms with E-state index in [4.69, 9.17) is 0 Å². The zero-order valence-corrected chi connectivity index (χ0v) is 18.4. The highest BCUT2D eigenvalue weighted by molar-refractivity contribution is 7.89. The van der Waals surface area contributed by atoms with Crippen LogP contribution in [0, 0.1) is 0 Å². The molecule has 0 saturated carbocycles. The van der Waals surface area contributed by atoms with E-state index in [1.54, 1.807) is 16.4 Å². The number of nitrogens with one attached hydrogen (secondary N) is 1. The number of hydrogen-bond acceptors (Lipinski definition) is 6. The molecule has 162 valence electrons. The van der Waals surface area contributed by atoms with E-state index >= 15 is 0 Å². The minimum Gasteiger partial charge on any atom is -0.362 e. The lowest BCUT2D eigenvalue weighted by atomic mass is 10.1. The van der Waals surface area contributed by atoms with Gasteiger partial charge < -0.3 is 15.1 Å². The number of benzene rings is 1. The molecule has 2 fully saturated rings. The summed E-state index contributed by atoms with van der Waals surface area (Å²) in [5.74, 6) is 0.695. The number of nitrogens with zero attached hydrogens (tertiary/aromatic N) is 4. The summed E-state index contributed by atoms with van der Waals surface area (Å²) in [6, 6.07) is 13.9. The highest BCUT2D eigenvalue weighted by atomic mass is 32.2. The van der Waals surface area contributed by atoms with Crippen LogP contribution < -0.4 is 5.32 Å². The van der Waals surface area contributed by atoms with Gasteiger partial charge in [-0.2, -0.15) is 4.31 Å². The number of sulfonamides is 1. The third-order valence-electron chi connectivity index (χ3n) is 6.00. The van der Waals surface area contributed by atoms with E-state index in [1.807, 2.05) is 25.2 Å². The first-order valence-corrected chi connectivity index (χ1v) is 12.1. The standard InChI is InChI=1S/C22H31N5O2S/c1-25-13-15-27(16-14-25)30(28,29)20-9-10-22(23-17-20)24-21(18-26-11-5-6-12-26)19-7-3-2-4-8-19/h2-4,7-10,17,21H,5-6,11-16,18H2,1H3,(H,23,24). The summed E-state index contributed by atoms with van der Waals surface area (Å²) in [5, 5.41) is 3.52. The first kappa shape index (κ1) is 21.2. The van der Waals surface area contributed by atoms with Crippen molar-refractivity contribution in [3.63, 3.8) is 0 Å². The van der Waals surface area contributed by atoms with Crippen LogP contribution in [0.4, 0.5) is 5.82 Å². The number of anilines is 1. The minimum atomic E-state index is -3.49. The van der Waals surface area contributed by atoms with E-state index in [0.29, 0.717) is 18.9 Å². The van der Waals surface area contributed by atoms with Crippen molar-refractivity contribution in [2.75, 3.05) is 58.2 Å². The van der Waals surface area contributed by atoms with E-state index in [-0.39, 0.29) is 10.9 Å². The molecule has 1 unspecified atom stereocenters. The van der Waals surface area contributed by atoms with E-state index in [9.17, 15) is 8.42 Å². The van der Waals surface area contributed by atoms with Gasteiger partial charge in [-0.15, -0.1) is 0 Å².